The Bertz CT molecular complexity index is 912. The first-order chi connectivity index (χ1) is 10.9. The molecule has 0 saturated heterocycles. The topological polar surface area (TPSA) is 106 Å². The molecule has 1 amide bonds. The normalized spacial score (nSPS) is 20.5. The molecule has 1 fully saturated rings. The molecule has 0 unspecified atom stereocenters. The largest absolute Gasteiger partial charge is 0.300 e. The molecule has 0 bridgehead atoms. The minimum atomic E-state index is -3.51. The number of hydrogen-bond acceptors (Lipinski definition) is 6. The van der Waals surface area contributed by atoms with E-state index in [9.17, 15) is 13.2 Å². The first kappa shape index (κ1) is 14.6. The number of aromatic nitrogens is 3. The van der Waals surface area contributed by atoms with Gasteiger partial charge in [-0.05, 0) is 31.7 Å². The van der Waals surface area contributed by atoms with Crippen molar-refractivity contribution in [3.63, 3.8) is 0 Å². The van der Waals surface area contributed by atoms with Gasteiger partial charge in [0.25, 0.3) is 5.91 Å². The lowest BCUT2D eigenvalue weighted by molar-refractivity contribution is 0.0649. The van der Waals surface area contributed by atoms with Crippen molar-refractivity contribution in [2.24, 2.45) is 0 Å². The van der Waals surface area contributed by atoms with Crippen LogP contribution in [0.25, 0.3) is 11.0 Å². The third-order valence-electron chi connectivity index (χ3n) is 4.60. The van der Waals surface area contributed by atoms with Crippen molar-refractivity contribution in [1.29, 1.82) is 0 Å². The van der Waals surface area contributed by atoms with Gasteiger partial charge in [-0.15, -0.1) is 0 Å². The second-order valence-corrected chi connectivity index (χ2v) is 8.15. The van der Waals surface area contributed by atoms with Gasteiger partial charge in [-0.3, -0.25) is 10.2 Å². The Kier molecular flexibility index (Phi) is 3.01. The molecule has 0 radical (unpaired) electrons. The van der Waals surface area contributed by atoms with E-state index in [0.717, 1.165) is 38.4 Å². The number of hydrogen-bond donors (Lipinski definition) is 2. The fraction of sp³-hybridized carbons (Fsp3) is 0.500. The molecule has 2 aliphatic rings. The Balaban J connectivity index is 2.02. The number of carbonyl (C=O) groups is 1. The molecule has 8 nitrogen and oxygen atoms in total. The molecule has 122 valence electrons. The first-order valence-electron chi connectivity index (χ1n) is 7.57. The van der Waals surface area contributed by atoms with Crippen LogP contribution in [0.5, 0.6) is 0 Å². The molecule has 1 aliphatic carbocycles. The van der Waals surface area contributed by atoms with Crippen LogP contribution < -0.4 is 10.9 Å². The van der Waals surface area contributed by atoms with Gasteiger partial charge in [0.05, 0.1) is 0 Å². The summed E-state index contributed by atoms with van der Waals surface area (Å²) in [4.78, 5) is 20.4. The number of hydrazine groups is 1. The molecule has 0 atom stereocenters. The molecule has 23 heavy (non-hydrogen) atoms. The van der Waals surface area contributed by atoms with Gasteiger partial charge in [-0.25, -0.2) is 18.8 Å². The van der Waals surface area contributed by atoms with Gasteiger partial charge >= 0.3 is 0 Å². The van der Waals surface area contributed by atoms with E-state index in [1.165, 1.54) is 6.20 Å². The number of amides is 1. The summed E-state index contributed by atoms with van der Waals surface area (Å²) in [5.74, 6) is -0.250. The molecule has 2 N–H and O–H groups in total. The van der Waals surface area contributed by atoms with Gasteiger partial charge in [-0.1, -0.05) is 6.42 Å². The lowest BCUT2D eigenvalue weighted by Crippen LogP contribution is -2.61. The molecule has 0 aromatic carbocycles. The van der Waals surface area contributed by atoms with Crippen LogP contribution in [0.4, 0.5) is 0 Å². The number of carbonyl (C=O) groups excluding carboxylic acids is 1. The van der Waals surface area contributed by atoms with E-state index in [4.69, 9.17) is 0 Å². The summed E-state index contributed by atoms with van der Waals surface area (Å²) in [5.41, 5.74) is 6.38. The van der Waals surface area contributed by atoms with Crippen molar-refractivity contribution in [1.82, 2.24) is 25.4 Å². The van der Waals surface area contributed by atoms with Gasteiger partial charge in [0.15, 0.2) is 0 Å². The van der Waals surface area contributed by atoms with Gasteiger partial charge in [0, 0.05) is 17.8 Å². The summed E-state index contributed by atoms with van der Waals surface area (Å²) in [6.07, 6.45) is 7.46. The van der Waals surface area contributed by atoms with E-state index >= 15 is 0 Å². The van der Waals surface area contributed by atoms with E-state index < -0.39 is 15.5 Å². The third kappa shape index (κ3) is 2.14. The van der Waals surface area contributed by atoms with Crippen LogP contribution in [0.1, 0.15) is 42.6 Å². The van der Waals surface area contributed by atoms with E-state index in [0.29, 0.717) is 16.7 Å². The van der Waals surface area contributed by atoms with Crippen molar-refractivity contribution in [2.45, 2.75) is 42.9 Å². The van der Waals surface area contributed by atoms with Gasteiger partial charge in [-0.2, -0.15) is 4.98 Å². The number of rotatable bonds is 1. The third-order valence-corrected chi connectivity index (χ3v) is 5.46. The Morgan fingerprint density at radius 2 is 2.00 bits per heavy atom. The maximum absolute atomic E-state index is 12.2. The fourth-order valence-electron chi connectivity index (χ4n) is 3.53. The second-order valence-electron chi connectivity index (χ2n) is 6.24. The van der Waals surface area contributed by atoms with E-state index in [1.54, 1.807) is 6.07 Å². The van der Waals surface area contributed by atoms with Crippen LogP contribution >= 0.6 is 0 Å². The lowest BCUT2D eigenvalue weighted by atomic mass is 9.88. The molecule has 2 aromatic heterocycles. The van der Waals surface area contributed by atoms with Gasteiger partial charge in [0.1, 0.15) is 17.0 Å². The molecular formula is C14H17N5O3S. The SMILES string of the molecule is CS(=O)(=O)c1ncc2cc3n(c2n1)C1(CCCCC1)NNC3=O. The van der Waals surface area contributed by atoms with Crippen LogP contribution in [-0.4, -0.2) is 35.1 Å². The molecule has 4 rings (SSSR count). The number of sulfone groups is 1. The fourth-order valence-corrected chi connectivity index (χ4v) is 4.03. The van der Waals surface area contributed by atoms with Crippen molar-refractivity contribution in [2.75, 3.05) is 6.26 Å². The van der Waals surface area contributed by atoms with Crippen LogP contribution in [-0.2, 0) is 15.5 Å². The summed E-state index contributed by atoms with van der Waals surface area (Å²) >= 11 is 0. The predicted molar refractivity (Wildman–Crippen MR) is 82.3 cm³/mol. The Morgan fingerprint density at radius 1 is 1.26 bits per heavy atom. The monoisotopic (exact) mass is 335 g/mol. The van der Waals surface area contributed by atoms with Crippen LogP contribution in [0.3, 0.4) is 0 Å². The summed E-state index contributed by atoms with van der Waals surface area (Å²) < 4.78 is 25.4. The quantitative estimate of drug-likeness (QED) is 0.743. The Hall–Kier alpha value is -2.00. The van der Waals surface area contributed by atoms with Crippen molar-refractivity contribution < 1.29 is 13.2 Å². The zero-order chi connectivity index (χ0) is 16.2. The van der Waals surface area contributed by atoms with E-state index in [-0.39, 0.29) is 11.1 Å². The summed E-state index contributed by atoms with van der Waals surface area (Å²) in [7, 11) is -3.51. The Morgan fingerprint density at radius 3 is 2.70 bits per heavy atom. The average Bonchev–Trinajstić information content (AvgIpc) is 2.92. The second kappa shape index (κ2) is 4.75. The molecule has 1 aliphatic heterocycles. The lowest BCUT2D eigenvalue weighted by Gasteiger charge is -2.43. The molecule has 9 heteroatoms. The smallest absolute Gasteiger partial charge is 0.282 e. The van der Waals surface area contributed by atoms with E-state index in [2.05, 4.69) is 20.8 Å². The van der Waals surface area contributed by atoms with Gasteiger partial charge in [0.2, 0.25) is 15.0 Å². The maximum Gasteiger partial charge on any atom is 0.282 e. The first-order valence-corrected chi connectivity index (χ1v) is 9.46. The maximum atomic E-state index is 12.2. The highest BCUT2D eigenvalue weighted by molar-refractivity contribution is 7.90. The summed E-state index contributed by atoms with van der Waals surface area (Å²) in [5, 5.41) is 0.444. The van der Waals surface area contributed by atoms with Crippen molar-refractivity contribution in [3.8, 4) is 0 Å². The minimum Gasteiger partial charge on any atom is -0.300 e. The standard InChI is InChI=1S/C14H17N5O3S/c1-23(21,22)13-15-8-9-7-10-12(20)17-18-14(5-3-2-4-6-14)19(10)11(9)16-13/h7-8,18H,2-6H2,1H3,(H,17,20). The molecular weight excluding hydrogens is 318 g/mol. The number of nitrogens with zero attached hydrogens (tertiary/aromatic N) is 3. The highest BCUT2D eigenvalue weighted by atomic mass is 32.2. The van der Waals surface area contributed by atoms with Crippen LogP contribution in [0, 0.1) is 0 Å². The minimum absolute atomic E-state index is 0.220. The van der Waals surface area contributed by atoms with Crippen LogP contribution in [0.2, 0.25) is 0 Å². The Labute approximate surface area is 133 Å². The zero-order valence-corrected chi connectivity index (χ0v) is 13.5. The average molecular weight is 335 g/mol. The predicted octanol–water partition coefficient (Wildman–Crippen LogP) is 0.700. The molecule has 2 aromatic rings. The van der Waals surface area contributed by atoms with Gasteiger partial charge < -0.3 is 4.57 Å². The highest BCUT2D eigenvalue weighted by Gasteiger charge is 2.41. The summed E-state index contributed by atoms with van der Waals surface area (Å²) in [6, 6.07) is 1.72. The van der Waals surface area contributed by atoms with Crippen molar-refractivity contribution >= 4 is 26.8 Å². The molecule has 1 spiro atoms. The van der Waals surface area contributed by atoms with Crippen molar-refractivity contribution in [3.05, 3.63) is 18.0 Å². The molecule has 3 heterocycles. The number of fused-ring (bicyclic) bond motifs is 4. The van der Waals surface area contributed by atoms with E-state index in [1.807, 2.05) is 4.57 Å². The number of nitrogens with one attached hydrogen (secondary N) is 2. The zero-order valence-electron chi connectivity index (χ0n) is 12.7. The summed E-state index contributed by atoms with van der Waals surface area (Å²) in [6.45, 7) is 0. The van der Waals surface area contributed by atoms with Crippen LogP contribution in [0.15, 0.2) is 17.4 Å². The molecule has 1 saturated carbocycles. The highest BCUT2D eigenvalue weighted by Crippen LogP contribution is 2.37.